The van der Waals surface area contributed by atoms with Gasteiger partial charge in [-0.05, 0) is 34.3 Å². The number of carbonyl (C=O) groups is 1. The molecule has 0 fully saturated rings. The van der Waals surface area contributed by atoms with E-state index in [2.05, 4.69) is 15.9 Å². The van der Waals surface area contributed by atoms with Gasteiger partial charge in [-0.2, -0.15) is 0 Å². The van der Waals surface area contributed by atoms with Crippen molar-refractivity contribution in [3.8, 4) is 0 Å². The molecular weight excluding hydrogens is 200 g/mol. The van der Waals surface area contributed by atoms with Crippen LogP contribution in [0.5, 0.6) is 0 Å². The number of halogens is 1. The van der Waals surface area contributed by atoms with Crippen molar-refractivity contribution in [1.82, 2.24) is 0 Å². The molecule has 0 atom stereocenters. The van der Waals surface area contributed by atoms with Crippen LogP contribution in [-0.2, 0) is 0 Å². The molecule has 3 heteroatoms. The SMILES string of the molecule is CC(=O)c1ccsc1Br. The van der Waals surface area contributed by atoms with Crippen molar-refractivity contribution in [3.63, 3.8) is 0 Å². The lowest BCUT2D eigenvalue weighted by Gasteiger charge is -1.86. The van der Waals surface area contributed by atoms with Crippen molar-refractivity contribution in [3.05, 3.63) is 20.8 Å². The van der Waals surface area contributed by atoms with Crippen LogP contribution < -0.4 is 0 Å². The van der Waals surface area contributed by atoms with Crippen LogP contribution in [0.4, 0.5) is 0 Å². The summed E-state index contributed by atoms with van der Waals surface area (Å²) >= 11 is 4.79. The van der Waals surface area contributed by atoms with Crippen LogP contribution in [-0.4, -0.2) is 5.78 Å². The van der Waals surface area contributed by atoms with E-state index < -0.39 is 0 Å². The number of Topliss-reactive ketones (excluding diaryl/α,β-unsaturated/α-hetero) is 1. The minimum Gasteiger partial charge on any atom is -0.294 e. The Bertz CT molecular complexity index is 229. The summed E-state index contributed by atoms with van der Waals surface area (Å²) in [4.78, 5) is 10.7. The first-order valence-electron chi connectivity index (χ1n) is 2.45. The van der Waals surface area contributed by atoms with Gasteiger partial charge in [-0.15, -0.1) is 11.3 Å². The standard InChI is InChI=1S/C6H5BrOS/c1-4(8)5-2-3-9-6(5)7/h2-3H,1H3. The van der Waals surface area contributed by atoms with E-state index in [1.807, 2.05) is 11.4 Å². The highest BCUT2D eigenvalue weighted by atomic mass is 79.9. The molecule has 0 saturated heterocycles. The first-order valence-corrected chi connectivity index (χ1v) is 4.13. The van der Waals surface area contributed by atoms with Crippen molar-refractivity contribution in [2.75, 3.05) is 0 Å². The van der Waals surface area contributed by atoms with Crippen LogP contribution in [0.15, 0.2) is 15.2 Å². The van der Waals surface area contributed by atoms with Gasteiger partial charge in [0.05, 0.1) is 3.79 Å². The first kappa shape index (κ1) is 6.96. The van der Waals surface area contributed by atoms with E-state index in [4.69, 9.17) is 0 Å². The Labute approximate surface area is 65.8 Å². The lowest BCUT2D eigenvalue weighted by molar-refractivity contribution is 0.101. The Morgan fingerprint density at radius 3 is 2.67 bits per heavy atom. The number of thiophene rings is 1. The lowest BCUT2D eigenvalue weighted by atomic mass is 10.2. The highest BCUT2D eigenvalue weighted by Gasteiger charge is 2.03. The third-order valence-electron chi connectivity index (χ3n) is 0.997. The van der Waals surface area contributed by atoms with Gasteiger partial charge in [-0.25, -0.2) is 0 Å². The average Bonchev–Trinajstić information content (AvgIpc) is 2.13. The smallest absolute Gasteiger partial charge is 0.161 e. The van der Waals surface area contributed by atoms with E-state index in [1.54, 1.807) is 6.92 Å². The third kappa shape index (κ3) is 1.40. The van der Waals surface area contributed by atoms with Crippen LogP contribution in [0.25, 0.3) is 0 Å². The third-order valence-corrected chi connectivity index (χ3v) is 2.68. The summed E-state index contributed by atoms with van der Waals surface area (Å²) < 4.78 is 0.926. The quantitative estimate of drug-likeness (QED) is 0.644. The predicted molar refractivity (Wildman–Crippen MR) is 42.0 cm³/mol. The molecule has 0 unspecified atom stereocenters. The fraction of sp³-hybridized carbons (Fsp3) is 0.167. The number of carbonyl (C=O) groups excluding carboxylic acids is 1. The van der Waals surface area contributed by atoms with Gasteiger partial charge in [0.25, 0.3) is 0 Å². The Hall–Kier alpha value is -0.150. The molecule has 1 rings (SSSR count). The van der Waals surface area contributed by atoms with Gasteiger partial charge in [0, 0.05) is 5.56 Å². The van der Waals surface area contributed by atoms with Crippen molar-refractivity contribution in [2.45, 2.75) is 6.92 Å². The van der Waals surface area contributed by atoms with Crippen molar-refractivity contribution in [1.29, 1.82) is 0 Å². The lowest BCUT2D eigenvalue weighted by Crippen LogP contribution is -1.87. The van der Waals surface area contributed by atoms with Crippen LogP contribution >= 0.6 is 27.3 Å². The average molecular weight is 205 g/mol. The van der Waals surface area contributed by atoms with E-state index in [-0.39, 0.29) is 5.78 Å². The maximum absolute atomic E-state index is 10.7. The predicted octanol–water partition coefficient (Wildman–Crippen LogP) is 2.71. The summed E-state index contributed by atoms with van der Waals surface area (Å²) in [7, 11) is 0. The summed E-state index contributed by atoms with van der Waals surface area (Å²) in [6.45, 7) is 1.56. The van der Waals surface area contributed by atoms with Gasteiger partial charge in [-0.3, -0.25) is 4.79 Å². The first-order chi connectivity index (χ1) is 4.22. The minimum absolute atomic E-state index is 0.114. The van der Waals surface area contributed by atoms with E-state index in [0.29, 0.717) is 0 Å². The van der Waals surface area contributed by atoms with Crippen molar-refractivity contribution >= 4 is 33.0 Å². The molecule has 0 N–H and O–H groups in total. The molecule has 0 saturated carbocycles. The zero-order valence-electron chi connectivity index (χ0n) is 4.85. The fourth-order valence-electron chi connectivity index (χ4n) is 0.547. The summed E-state index contributed by atoms with van der Waals surface area (Å²) in [5.41, 5.74) is 0.778. The maximum Gasteiger partial charge on any atom is 0.161 e. The maximum atomic E-state index is 10.7. The number of rotatable bonds is 1. The van der Waals surface area contributed by atoms with Gasteiger partial charge < -0.3 is 0 Å². The second kappa shape index (κ2) is 2.62. The van der Waals surface area contributed by atoms with E-state index in [9.17, 15) is 4.79 Å². The van der Waals surface area contributed by atoms with Crippen molar-refractivity contribution in [2.24, 2.45) is 0 Å². The Morgan fingerprint density at radius 2 is 2.44 bits per heavy atom. The highest BCUT2D eigenvalue weighted by molar-refractivity contribution is 9.11. The largest absolute Gasteiger partial charge is 0.294 e. The van der Waals surface area contributed by atoms with Gasteiger partial charge in [0.1, 0.15) is 0 Å². The molecule has 0 aliphatic rings. The molecule has 0 aliphatic heterocycles. The molecule has 0 amide bonds. The summed E-state index contributed by atoms with van der Waals surface area (Å²) in [5.74, 6) is 0.114. The van der Waals surface area contributed by atoms with Crippen LogP contribution in [0.1, 0.15) is 17.3 Å². The Morgan fingerprint density at radius 1 is 1.78 bits per heavy atom. The molecule has 0 aliphatic carbocycles. The Balaban J connectivity index is 3.08. The Kier molecular flexibility index (Phi) is 2.03. The van der Waals surface area contributed by atoms with Crippen LogP contribution in [0.3, 0.4) is 0 Å². The second-order valence-corrected chi connectivity index (χ2v) is 3.90. The second-order valence-electron chi connectivity index (χ2n) is 1.66. The summed E-state index contributed by atoms with van der Waals surface area (Å²) in [5, 5.41) is 1.89. The minimum atomic E-state index is 0.114. The molecule has 48 valence electrons. The van der Waals surface area contributed by atoms with Gasteiger partial charge in [0.2, 0.25) is 0 Å². The van der Waals surface area contributed by atoms with Gasteiger partial charge >= 0.3 is 0 Å². The molecule has 1 heterocycles. The molecule has 1 aromatic rings. The number of hydrogen-bond donors (Lipinski definition) is 0. The van der Waals surface area contributed by atoms with E-state index >= 15 is 0 Å². The van der Waals surface area contributed by atoms with Crippen LogP contribution in [0, 0.1) is 0 Å². The highest BCUT2D eigenvalue weighted by Crippen LogP contribution is 2.23. The molecule has 1 nitrogen and oxygen atoms in total. The van der Waals surface area contributed by atoms with Crippen LogP contribution in [0.2, 0.25) is 0 Å². The molecule has 0 aromatic carbocycles. The number of ketones is 1. The molecule has 0 bridgehead atoms. The van der Waals surface area contributed by atoms with E-state index in [0.717, 1.165) is 9.35 Å². The van der Waals surface area contributed by atoms with Crippen molar-refractivity contribution < 1.29 is 4.79 Å². The normalized spacial score (nSPS) is 9.56. The van der Waals surface area contributed by atoms with Gasteiger partial charge in [-0.1, -0.05) is 0 Å². The van der Waals surface area contributed by atoms with Gasteiger partial charge in [0.15, 0.2) is 5.78 Å². The van der Waals surface area contributed by atoms with E-state index in [1.165, 1.54) is 11.3 Å². The fourth-order valence-corrected chi connectivity index (χ4v) is 1.94. The number of hydrogen-bond acceptors (Lipinski definition) is 2. The monoisotopic (exact) mass is 204 g/mol. The zero-order valence-corrected chi connectivity index (χ0v) is 7.25. The summed E-state index contributed by atoms with van der Waals surface area (Å²) in [6, 6.07) is 1.82. The molecule has 1 aromatic heterocycles. The molecular formula is C6H5BrOS. The summed E-state index contributed by atoms with van der Waals surface area (Å²) in [6.07, 6.45) is 0. The molecule has 9 heavy (non-hydrogen) atoms. The molecule has 0 spiro atoms. The zero-order chi connectivity index (χ0) is 6.85. The topological polar surface area (TPSA) is 17.1 Å². The molecule has 0 radical (unpaired) electrons.